The monoisotopic (exact) mass is 212 g/mol. The van der Waals surface area contributed by atoms with Crippen molar-refractivity contribution in [1.82, 2.24) is 0 Å². The molecule has 0 aliphatic carbocycles. The molecule has 0 aromatic rings. The van der Waals surface area contributed by atoms with E-state index in [1.54, 1.807) is 0 Å². The van der Waals surface area contributed by atoms with Crippen LogP contribution in [0.2, 0.25) is 0 Å². The molecule has 0 amide bonds. The van der Waals surface area contributed by atoms with Gasteiger partial charge in [0.05, 0.1) is 0 Å². The Balaban J connectivity index is 0. The minimum absolute atomic E-state index is 0. The van der Waals surface area contributed by atoms with Gasteiger partial charge in [0.2, 0.25) is 0 Å². The quantitative estimate of drug-likeness (QED) is 0.388. The Morgan fingerprint density at radius 1 is 1.00 bits per heavy atom. The van der Waals surface area contributed by atoms with Crippen LogP contribution in [0.1, 0.15) is 6.92 Å². The van der Waals surface area contributed by atoms with E-state index in [1.807, 2.05) is 0 Å². The third-order valence-electron chi connectivity index (χ3n) is 0.813. The first-order valence-electron chi connectivity index (χ1n) is 2.05. The zero-order valence-electron chi connectivity index (χ0n) is 5.55. The predicted octanol–water partition coefficient (Wildman–Crippen LogP) is -1.96. The fourth-order valence-corrected chi connectivity index (χ4v) is 1.30. The van der Waals surface area contributed by atoms with Crippen LogP contribution in [0.5, 0.6) is 0 Å². The molecule has 0 aliphatic heterocycles. The molecule has 0 rings (SSSR count). The maximum absolute atomic E-state index is 9.84. The summed E-state index contributed by atoms with van der Waals surface area (Å²) in [4.78, 5) is 0. The summed E-state index contributed by atoms with van der Waals surface area (Å²) in [6.45, 7) is 0.532. The summed E-state index contributed by atoms with van der Waals surface area (Å²) in [5, 5.41) is 0. The van der Waals surface area contributed by atoms with Crippen LogP contribution in [0.25, 0.3) is 0 Å². The van der Waals surface area contributed by atoms with Crippen LogP contribution in [0.3, 0.4) is 0 Å². The fourth-order valence-electron chi connectivity index (χ4n) is 0.144. The van der Waals surface area contributed by atoms with E-state index < -0.39 is 24.8 Å². The van der Waals surface area contributed by atoms with Crippen molar-refractivity contribution in [2.45, 2.75) is 11.5 Å². The molecule has 6 nitrogen and oxygen atoms in total. The minimum atomic E-state index is -5.01. The van der Waals surface area contributed by atoms with Gasteiger partial charge in [-0.25, -0.2) is 16.8 Å². The molecule has 0 aromatic heterocycles. The van der Waals surface area contributed by atoms with E-state index in [0.29, 0.717) is 6.92 Å². The van der Waals surface area contributed by atoms with Crippen LogP contribution in [0.4, 0.5) is 0 Å². The SMILES string of the molecule is CC(S(=O)(=O)[O-])S(=O)(=O)[O-].[Mg+2]. The van der Waals surface area contributed by atoms with Crippen molar-refractivity contribution in [3.63, 3.8) is 0 Å². The van der Waals surface area contributed by atoms with Crippen molar-refractivity contribution in [1.29, 1.82) is 0 Å². The number of rotatable bonds is 2. The molecule has 0 saturated carbocycles. The zero-order valence-corrected chi connectivity index (χ0v) is 8.60. The van der Waals surface area contributed by atoms with Gasteiger partial charge in [-0.05, 0) is 6.92 Å². The first-order chi connectivity index (χ1) is 4.15. The third kappa shape index (κ3) is 4.93. The van der Waals surface area contributed by atoms with Gasteiger partial charge in [0, 0.05) is 0 Å². The molecule has 0 atom stereocenters. The van der Waals surface area contributed by atoms with E-state index in [0.717, 1.165) is 0 Å². The third-order valence-corrected chi connectivity index (χ3v) is 3.85. The molecule has 0 radical (unpaired) electrons. The maximum atomic E-state index is 9.84. The molecule has 0 aliphatic rings. The van der Waals surface area contributed by atoms with Gasteiger partial charge in [0.1, 0.15) is 24.8 Å². The summed E-state index contributed by atoms with van der Waals surface area (Å²) < 4.78 is 56.7. The van der Waals surface area contributed by atoms with E-state index in [4.69, 9.17) is 0 Å². The average molecular weight is 212 g/mol. The van der Waals surface area contributed by atoms with Gasteiger partial charge < -0.3 is 9.11 Å². The van der Waals surface area contributed by atoms with E-state index in [2.05, 4.69) is 0 Å². The average Bonchev–Trinajstić information content (AvgIpc) is 1.59. The second-order valence-electron chi connectivity index (χ2n) is 1.55. The predicted molar refractivity (Wildman–Crippen MR) is 34.6 cm³/mol. The number of hydrogen-bond acceptors (Lipinski definition) is 6. The molecule has 0 aromatic carbocycles. The molecule has 0 N–H and O–H groups in total. The van der Waals surface area contributed by atoms with Crippen LogP contribution in [0.15, 0.2) is 0 Å². The molecule has 9 heteroatoms. The van der Waals surface area contributed by atoms with E-state index in [1.165, 1.54) is 0 Å². The smallest absolute Gasteiger partial charge is 0.747 e. The van der Waals surface area contributed by atoms with Crippen LogP contribution >= 0.6 is 0 Å². The van der Waals surface area contributed by atoms with Gasteiger partial charge in [-0.1, -0.05) is 0 Å². The van der Waals surface area contributed by atoms with Gasteiger partial charge in [-0.15, -0.1) is 0 Å². The molecule has 62 valence electrons. The van der Waals surface area contributed by atoms with Crippen molar-refractivity contribution in [3.05, 3.63) is 0 Å². The second-order valence-corrected chi connectivity index (χ2v) is 5.24. The Kier molecular flexibility index (Phi) is 5.14. The Morgan fingerprint density at radius 3 is 1.18 bits per heavy atom. The molecule has 11 heavy (non-hydrogen) atoms. The van der Waals surface area contributed by atoms with Crippen molar-refractivity contribution >= 4 is 43.3 Å². The van der Waals surface area contributed by atoms with Crippen molar-refractivity contribution in [2.75, 3.05) is 0 Å². The Labute approximate surface area is 80.6 Å². The maximum Gasteiger partial charge on any atom is 2.00 e. The van der Waals surface area contributed by atoms with Gasteiger partial charge in [-0.3, -0.25) is 0 Å². The molecular weight excluding hydrogens is 208 g/mol. The van der Waals surface area contributed by atoms with Gasteiger partial charge in [0.15, 0.2) is 0 Å². The van der Waals surface area contributed by atoms with Gasteiger partial charge in [-0.2, -0.15) is 0 Å². The van der Waals surface area contributed by atoms with E-state index in [-0.39, 0.29) is 23.1 Å². The van der Waals surface area contributed by atoms with Crippen molar-refractivity contribution in [3.8, 4) is 0 Å². The zero-order chi connectivity index (χ0) is 8.58. The molecule has 0 spiro atoms. The largest absolute Gasteiger partial charge is 2.00 e. The van der Waals surface area contributed by atoms with Crippen LogP contribution in [-0.4, -0.2) is 53.6 Å². The van der Waals surface area contributed by atoms with Crippen LogP contribution < -0.4 is 0 Å². The normalized spacial score (nSPS) is 12.7. The molecular formula is C2H4MgO6S2. The van der Waals surface area contributed by atoms with E-state index in [9.17, 15) is 25.9 Å². The Bertz CT molecular complexity index is 267. The first kappa shape index (κ1) is 14.1. The standard InChI is InChI=1S/C2H6O6S2.Mg/c1-2(9(3,4)5)10(6,7)8;/h2H,1H3,(H,3,4,5)(H,6,7,8);/q;+2/p-2. The summed E-state index contributed by atoms with van der Waals surface area (Å²) in [5.41, 5.74) is 0. The van der Waals surface area contributed by atoms with Gasteiger partial charge in [0.25, 0.3) is 0 Å². The molecule has 0 unspecified atom stereocenters. The summed E-state index contributed by atoms with van der Waals surface area (Å²) in [5.74, 6) is 0. The van der Waals surface area contributed by atoms with Crippen LogP contribution in [0, 0.1) is 0 Å². The van der Waals surface area contributed by atoms with Crippen molar-refractivity contribution in [2.24, 2.45) is 0 Å². The summed E-state index contributed by atoms with van der Waals surface area (Å²) in [6, 6.07) is 0. The summed E-state index contributed by atoms with van der Waals surface area (Å²) >= 11 is 0. The fraction of sp³-hybridized carbons (Fsp3) is 1.00. The summed E-state index contributed by atoms with van der Waals surface area (Å²) in [7, 11) is -10.0. The molecule has 0 bridgehead atoms. The molecule has 0 heterocycles. The Hall–Kier alpha value is 0.586. The van der Waals surface area contributed by atoms with Crippen molar-refractivity contribution < 1.29 is 25.9 Å². The number of hydrogen-bond donors (Lipinski definition) is 0. The molecule has 0 fully saturated rings. The van der Waals surface area contributed by atoms with E-state index >= 15 is 0 Å². The first-order valence-corrected chi connectivity index (χ1v) is 4.99. The second kappa shape index (κ2) is 4.00. The minimum Gasteiger partial charge on any atom is -0.747 e. The Morgan fingerprint density at radius 2 is 1.18 bits per heavy atom. The topological polar surface area (TPSA) is 114 Å². The summed E-state index contributed by atoms with van der Waals surface area (Å²) in [6.07, 6.45) is 0. The van der Waals surface area contributed by atoms with Gasteiger partial charge >= 0.3 is 23.1 Å². The van der Waals surface area contributed by atoms with Crippen LogP contribution in [-0.2, 0) is 20.2 Å². The molecule has 0 saturated heterocycles.